The first-order valence-corrected chi connectivity index (χ1v) is 9.50. The van der Waals surface area contributed by atoms with E-state index in [-0.39, 0.29) is 15.6 Å². The summed E-state index contributed by atoms with van der Waals surface area (Å²) in [6.45, 7) is 1.76. The monoisotopic (exact) mass is 493 g/mol. The summed E-state index contributed by atoms with van der Waals surface area (Å²) in [5.41, 5.74) is 0.901. The molecule has 3 aromatic rings. The summed E-state index contributed by atoms with van der Waals surface area (Å²) in [6.07, 6.45) is -2.83. The third-order valence-corrected chi connectivity index (χ3v) is 4.46. The summed E-state index contributed by atoms with van der Waals surface area (Å²) in [5.74, 6) is -4.94. The van der Waals surface area contributed by atoms with Crippen molar-refractivity contribution in [1.29, 1.82) is 5.26 Å². The van der Waals surface area contributed by atoms with Gasteiger partial charge in [0.25, 0.3) is 5.91 Å². The molecule has 0 saturated heterocycles. The lowest BCUT2D eigenvalue weighted by molar-refractivity contribution is -0.141. The van der Waals surface area contributed by atoms with Crippen molar-refractivity contribution >= 4 is 46.7 Å². The Morgan fingerprint density at radius 1 is 1.21 bits per heavy atom. The van der Waals surface area contributed by atoms with Gasteiger partial charge in [0.1, 0.15) is 23.6 Å². The Bertz CT molecular complexity index is 1340. The zero-order valence-electron chi connectivity index (χ0n) is 17.0. The molecule has 3 aromatic heterocycles. The minimum atomic E-state index is -5.24. The molecule has 14 nitrogen and oxygen atoms in total. The standard InChI is InChI=1S/C16H10F3N11O3S/c1-6(31)30(7(2)32)14-24-10(12(21)33)9(11(25-14)16(17,18)19)26-27-13-8(3-20)4-29(28-13)15-22-5-23-34-15/h4-5H,1-2H3,(H2,21,33). The number of carbonyl (C=O) groups is 3. The average molecular weight is 493 g/mol. The number of anilines is 1. The van der Waals surface area contributed by atoms with Crippen molar-refractivity contribution < 1.29 is 27.6 Å². The van der Waals surface area contributed by atoms with Gasteiger partial charge < -0.3 is 5.73 Å². The number of nitriles is 1. The fourth-order valence-corrected chi connectivity index (χ4v) is 2.95. The van der Waals surface area contributed by atoms with Crippen LogP contribution in [-0.2, 0) is 15.8 Å². The molecule has 0 atom stereocenters. The first kappa shape index (κ1) is 24.0. The molecule has 0 aliphatic rings. The Labute approximate surface area is 190 Å². The number of halogens is 3. The zero-order valence-corrected chi connectivity index (χ0v) is 17.8. The zero-order chi connectivity index (χ0) is 25.2. The van der Waals surface area contributed by atoms with E-state index in [2.05, 4.69) is 34.7 Å². The number of aromatic nitrogens is 6. The lowest BCUT2D eigenvalue weighted by Gasteiger charge is -2.18. The van der Waals surface area contributed by atoms with Gasteiger partial charge in [-0.05, 0) is 0 Å². The first-order valence-electron chi connectivity index (χ1n) is 8.72. The summed E-state index contributed by atoms with van der Waals surface area (Å²) in [6, 6.07) is 1.74. The van der Waals surface area contributed by atoms with Crippen LogP contribution in [0.3, 0.4) is 0 Å². The minimum absolute atomic E-state index is 0.190. The summed E-state index contributed by atoms with van der Waals surface area (Å²) in [7, 11) is 0. The van der Waals surface area contributed by atoms with Crippen LogP contribution in [0.15, 0.2) is 22.8 Å². The first-order chi connectivity index (χ1) is 15.9. The highest BCUT2D eigenvalue weighted by Gasteiger charge is 2.40. The van der Waals surface area contributed by atoms with Crippen LogP contribution >= 0.6 is 11.5 Å². The molecule has 174 valence electrons. The molecular weight excluding hydrogens is 483 g/mol. The van der Waals surface area contributed by atoms with E-state index < -0.39 is 52.7 Å². The second kappa shape index (κ2) is 9.07. The van der Waals surface area contributed by atoms with Gasteiger partial charge in [0, 0.05) is 25.4 Å². The highest BCUT2D eigenvalue weighted by molar-refractivity contribution is 7.07. The van der Waals surface area contributed by atoms with Crippen LogP contribution in [-0.4, -0.2) is 46.8 Å². The summed E-state index contributed by atoms with van der Waals surface area (Å²) in [4.78, 5) is 46.2. The van der Waals surface area contributed by atoms with Crippen molar-refractivity contribution in [2.45, 2.75) is 20.0 Å². The van der Waals surface area contributed by atoms with E-state index in [9.17, 15) is 32.8 Å². The number of rotatable bonds is 5. The summed E-state index contributed by atoms with van der Waals surface area (Å²) in [5, 5.41) is 20.3. The molecule has 3 rings (SSSR count). The minimum Gasteiger partial charge on any atom is -0.364 e. The van der Waals surface area contributed by atoms with Crippen LogP contribution in [0.25, 0.3) is 5.13 Å². The number of carbonyl (C=O) groups excluding carboxylic acids is 3. The van der Waals surface area contributed by atoms with Crippen molar-refractivity contribution in [2.75, 3.05) is 4.90 Å². The molecule has 18 heteroatoms. The Morgan fingerprint density at radius 2 is 1.88 bits per heavy atom. The van der Waals surface area contributed by atoms with Gasteiger partial charge >= 0.3 is 6.18 Å². The summed E-state index contributed by atoms with van der Waals surface area (Å²) >= 11 is 0.912. The van der Waals surface area contributed by atoms with Crippen LogP contribution < -0.4 is 10.6 Å². The maximum absolute atomic E-state index is 13.8. The third kappa shape index (κ3) is 4.73. The van der Waals surface area contributed by atoms with E-state index in [1.807, 2.05) is 0 Å². The molecule has 34 heavy (non-hydrogen) atoms. The molecule has 0 saturated carbocycles. The average Bonchev–Trinajstić information content (AvgIpc) is 3.40. The maximum Gasteiger partial charge on any atom is 0.435 e. The molecule has 2 N–H and O–H groups in total. The number of hydrogen-bond donors (Lipinski definition) is 1. The fourth-order valence-electron chi connectivity index (χ4n) is 2.49. The van der Waals surface area contributed by atoms with Gasteiger partial charge in [-0.15, -0.1) is 15.3 Å². The summed E-state index contributed by atoms with van der Waals surface area (Å²) < 4.78 is 46.2. The van der Waals surface area contributed by atoms with Crippen LogP contribution in [0.5, 0.6) is 0 Å². The molecular formula is C16H10F3N11O3S. The Balaban J connectivity index is 2.21. The van der Waals surface area contributed by atoms with Crippen molar-refractivity contribution in [3.05, 3.63) is 29.5 Å². The van der Waals surface area contributed by atoms with Gasteiger partial charge in [0.05, 0.1) is 6.20 Å². The van der Waals surface area contributed by atoms with E-state index in [0.717, 1.165) is 30.1 Å². The molecule has 3 heterocycles. The number of alkyl halides is 3. The smallest absolute Gasteiger partial charge is 0.364 e. The highest BCUT2D eigenvalue weighted by Crippen LogP contribution is 2.38. The molecule has 0 radical (unpaired) electrons. The molecule has 0 unspecified atom stereocenters. The van der Waals surface area contributed by atoms with Gasteiger partial charge in [-0.3, -0.25) is 14.4 Å². The lowest BCUT2D eigenvalue weighted by Crippen LogP contribution is -2.36. The largest absolute Gasteiger partial charge is 0.435 e. The van der Waals surface area contributed by atoms with E-state index in [1.54, 1.807) is 6.07 Å². The van der Waals surface area contributed by atoms with Crippen molar-refractivity contribution in [1.82, 2.24) is 29.1 Å². The second-order valence-electron chi connectivity index (χ2n) is 6.15. The van der Waals surface area contributed by atoms with Crippen LogP contribution in [0.2, 0.25) is 0 Å². The molecule has 0 aliphatic heterocycles. The number of nitrogens with two attached hydrogens (primary N) is 1. The van der Waals surface area contributed by atoms with Crippen molar-refractivity contribution in [3.8, 4) is 11.2 Å². The van der Waals surface area contributed by atoms with E-state index >= 15 is 0 Å². The molecule has 0 bridgehead atoms. The molecule has 0 spiro atoms. The second-order valence-corrected chi connectivity index (χ2v) is 6.91. The molecule has 3 amide bonds. The van der Waals surface area contributed by atoms with Gasteiger partial charge in [-0.25, -0.2) is 24.5 Å². The van der Waals surface area contributed by atoms with Gasteiger partial charge in [0.2, 0.25) is 28.7 Å². The Kier molecular flexibility index (Phi) is 6.40. The fraction of sp³-hybridized carbons (Fsp3) is 0.188. The topological polar surface area (TPSA) is 198 Å². The number of hydrogen-bond acceptors (Lipinski definition) is 12. The van der Waals surface area contributed by atoms with E-state index in [4.69, 9.17) is 5.73 Å². The van der Waals surface area contributed by atoms with Crippen molar-refractivity contribution in [3.63, 3.8) is 0 Å². The van der Waals surface area contributed by atoms with Crippen molar-refractivity contribution in [2.24, 2.45) is 16.0 Å². The van der Waals surface area contributed by atoms with Crippen LogP contribution in [0.4, 0.5) is 30.6 Å². The quantitative estimate of drug-likeness (QED) is 0.515. The van der Waals surface area contributed by atoms with Crippen LogP contribution in [0.1, 0.15) is 35.6 Å². The van der Waals surface area contributed by atoms with E-state index in [1.165, 1.54) is 12.5 Å². The predicted molar refractivity (Wildman–Crippen MR) is 105 cm³/mol. The highest BCUT2D eigenvalue weighted by atomic mass is 32.1. The third-order valence-electron chi connectivity index (χ3n) is 3.81. The number of imide groups is 1. The Morgan fingerprint density at radius 3 is 2.38 bits per heavy atom. The van der Waals surface area contributed by atoms with Crippen LogP contribution in [0, 0.1) is 11.3 Å². The molecule has 0 aromatic carbocycles. The predicted octanol–water partition coefficient (Wildman–Crippen LogP) is 1.82. The number of nitrogens with zero attached hydrogens (tertiary/aromatic N) is 10. The SMILES string of the molecule is CC(=O)N(C(C)=O)c1nc(C(N)=O)c(N=Nc2nn(-c3ncns3)cc2C#N)c(C(F)(F)F)n1. The molecule has 0 fully saturated rings. The van der Waals surface area contributed by atoms with Gasteiger partial charge in [-0.2, -0.15) is 22.8 Å². The Hall–Kier alpha value is -4.66. The number of primary amides is 1. The number of azo groups is 1. The maximum atomic E-state index is 13.8. The number of amides is 3. The normalized spacial score (nSPS) is 11.4. The lowest BCUT2D eigenvalue weighted by atomic mass is 10.2. The molecule has 0 aliphatic carbocycles. The van der Waals surface area contributed by atoms with Gasteiger partial charge in [0.15, 0.2) is 11.4 Å². The van der Waals surface area contributed by atoms with Gasteiger partial charge in [-0.1, -0.05) is 0 Å². The van der Waals surface area contributed by atoms with E-state index in [0.29, 0.717) is 0 Å².